The highest BCUT2D eigenvalue weighted by Crippen LogP contribution is 2.22. The summed E-state index contributed by atoms with van der Waals surface area (Å²) < 4.78 is 0. The number of rotatable bonds is 4. The van der Waals surface area contributed by atoms with Crippen molar-refractivity contribution in [1.82, 2.24) is 9.80 Å². The molecule has 1 fully saturated rings. The molecule has 2 atom stereocenters. The zero-order valence-corrected chi connectivity index (χ0v) is 12.5. The number of hydrogen-bond acceptors (Lipinski definition) is 4. The molecule has 1 aromatic carbocycles. The number of nitrogens with zero attached hydrogens (tertiary/aromatic N) is 3. The molecule has 0 amide bonds. The molecular weight excluding hydrogens is 252 g/mol. The summed E-state index contributed by atoms with van der Waals surface area (Å²) in [5.41, 5.74) is 7.60. The molecule has 0 saturated carbocycles. The van der Waals surface area contributed by atoms with Gasteiger partial charge in [0.15, 0.2) is 5.84 Å². The highest BCUT2D eigenvalue weighted by atomic mass is 16.4. The van der Waals surface area contributed by atoms with Crippen molar-refractivity contribution >= 4 is 5.84 Å². The Hall–Kier alpha value is -1.59. The lowest BCUT2D eigenvalue weighted by molar-refractivity contribution is 0.250. The van der Waals surface area contributed by atoms with E-state index in [1.165, 1.54) is 5.56 Å². The molecule has 0 radical (unpaired) electrons. The summed E-state index contributed by atoms with van der Waals surface area (Å²) in [6.45, 7) is 5.40. The zero-order valence-electron chi connectivity index (χ0n) is 12.5. The zero-order chi connectivity index (χ0) is 14.7. The Morgan fingerprint density at radius 1 is 1.45 bits per heavy atom. The first kappa shape index (κ1) is 14.8. The molecule has 20 heavy (non-hydrogen) atoms. The van der Waals surface area contributed by atoms with Crippen LogP contribution in [0, 0.1) is 5.92 Å². The lowest BCUT2D eigenvalue weighted by Gasteiger charge is -2.22. The van der Waals surface area contributed by atoms with E-state index in [1.54, 1.807) is 0 Å². The van der Waals surface area contributed by atoms with Gasteiger partial charge in [-0.05, 0) is 31.6 Å². The van der Waals surface area contributed by atoms with Gasteiger partial charge in [-0.1, -0.05) is 30.3 Å². The number of amidine groups is 1. The molecule has 2 rings (SSSR count). The molecule has 0 bridgehead atoms. The fourth-order valence-corrected chi connectivity index (χ4v) is 2.99. The van der Waals surface area contributed by atoms with E-state index >= 15 is 0 Å². The lowest BCUT2D eigenvalue weighted by Crippen LogP contribution is -2.34. The lowest BCUT2D eigenvalue weighted by atomic mass is 10.1. The van der Waals surface area contributed by atoms with Gasteiger partial charge >= 0.3 is 0 Å². The molecule has 1 aliphatic heterocycles. The van der Waals surface area contributed by atoms with E-state index in [0.29, 0.717) is 12.0 Å². The van der Waals surface area contributed by atoms with E-state index in [9.17, 15) is 0 Å². The predicted molar refractivity (Wildman–Crippen MR) is 80.9 cm³/mol. The molecule has 1 saturated heterocycles. The number of hydrogen-bond donors (Lipinski definition) is 2. The maximum absolute atomic E-state index is 8.74. The van der Waals surface area contributed by atoms with E-state index in [4.69, 9.17) is 10.9 Å². The van der Waals surface area contributed by atoms with Crippen LogP contribution in [0.15, 0.2) is 29.4 Å². The molecule has 5 nitrogen and oxygen atoms in total. The highest BCUT2D eigenvalue weighted by molar-refractivity contribution is 5.97. The molecule has 1 aliphatic rings. The predicted octanol–water partition coefficient (Wildman–Crippen LogP) is 1.16. The van der Waals surface area contributed by atoms with Gasteiger partial charge in [0, 0.05) is 31.2 Å². The minimum Gasteiger partial charge on any atom is -0.409 e. The third kappa shape index (κ3) is 3.29. The van der Waals surface area contributed by atoms with E-state index in [-0.39, 0.29) is 5.84 Å². The monoisotopic (exact) mass is 276 g/mol. The van der Waals surface area contributed by atoms with E-state index < -0.39 is 0 Å². The summed E-state index contributed by atoms with van der Waals surface area (Å²) in [5.74, 6) is 0.838. The molecule has 2 unspecified atom stereocenters. The second-order valence-corrected chi connectivity index (χ2v) is 5.89. The highest BCUT2D eigenvalue weighted by Gasteiger charge is 2.30. The molecular formula is C15H24N4O. The second-order valence-electron chi connectivity index (χ2n) is 5.89. The average Bonchev–Trinajstić information content (AvgIpc) is 2.79. The average molecular weight is 276 g/mol. The molecule has 3 N–H and O–H groups in total. The Bertz CT molecular complexity index is 487. The van der Waals surface area contributed by atoms with Gasteiger partial charge in [0.05, 0.1) is 0 Å². The molecule has 0 aromatic heterocycles. The Labute approximate surface area is 120 Å². The number of likely N-dealkylation sites (tertiary alicyclic amines) is 1. The fourth-order valence-electron chi connectivity index (χ4n) is 2.99. The normalized spacial score (nSPS) is 24.5. The largest absolute Gasteiger partial charge is 0.409 e. The fraction of sp³-hybridized carbons (Fsp3) is 0.533. The minimum absolute atomic E-state index is 0.160. The maximum atomic E-state index is 8.74. The summed E-state index contributed by atoms with van der Waals surface area (Å²) in [5, 5.41) is 11.8. The van der Waals surface area contributed by atoms with Gasteiger partial charge in [-0.25, -0.2) is 0 Å². The van der Waals surface area contributed by atoms with Crippen molar-refractivity contribution in [2.45, 2.75) is 19.5 Å². The van der Waals surface area contributed by atoms with Crippen LogP contribution in [0.5, 0.6) is 0 Å². The second kappa shape index (κ2) is 6.24. The summed E-state index contributed by atoms with van der Waals surface area (Å²) in [6.07, 6.45) is 0. The molecule has 110 valence electrons. The van der Waals surface area contributed by atoms with Crippen molar-refractivity contribution in [2.75, 3.05) is 27.2 Å². The molecule has 0 aliphatic carbocycles. The maximum Gasteiger partial charge on any atom is 0.170 e. The number of benzene rings is 1. The number of likely N-dealkylation sites (N-methyl/N-ethyl adjacent to an activating group) is 1. The molecule has 0 spiro atoms. The Kier molecular flexibility index (Phi) is 4.62. The Morgan fingerprint density at radius 3 is 2.80 bits per heavy atom. The van der Waals surface area contributed by atoms with Crippen molar-refractivity contribution in [2.24, 2.45) is 16.8 Å². The van der Waals surface area contributed by atoms with Crippen molar-refractivity contribution in [3.63, 3.8) is 0 Å². The van der Waals surface area contributed by atoms with Crippen molar-refractivity contribution in [1.29, 1.82) is 0 Å². The van der Waals surface area contributed by atoms with Gasteiger partial charge in [0.1, 0.15) is 0 Å². The van der Waals surface area contributed by atoms with Crippen LogP contribution >= 0.6 is 0 Å². The van der Waals surface area contributed by atoms with Crippen LogP contribution in [0.25, 0.3) is 0 Å². The van der Waals surface area contributed by atoms with Crippen LogP contribution in [0.2, 0.25) is 0 Å². The first-order chi connectivity index (χ1) is 9.51. The van der Waals surface area contributed by atoms with Crippen molar-refractivity contribution in [3.05, 3.63) is 35.4 Å². The summed E-state index contributed by atoms with van der Waals surface area (Å²) >= 11 is 0. The van der Waals surface area contributed by atoms with Gasteiger partial charge in [-0.15, -0.1) is 0 Å². The quantitative estimate of drug-likeness (QED) is 0.375. The summed E-state index contributed by atoms with van der Waals surface area (Å²) in [4.78, 5) is 4.76. The van der Waals surface area contributed by atoms with Gasteiger partial charge in [0.25, 0.3) is 0 Å². The number of oxime groups is 1. The standard InChI is InChI=1S/C15H24N4O/c1-11-8-19(10-14(11)18(2)3)9-12-5-4-6-13(7-12)15(16)17-20/h4-7,11,14,20H,8-10H2,1-3H3,(H2,16,17). The summed E-state index contributed by atoms with van der Waals surface area (Å²) in [7, 11) is 4.29. The van der Waals surface area contributed by atoms with Crippen LogP contribution in [-0.2, 0) is 6.54 Å². The SMILES string of the molecule is CC1CN(Cc2cccc(/C(N)=N/O)c2)CC1N(C)C. The smallest absolute Gasteiger partial charge is 0.170 e. The van der Waals surface area contributed by atoms with Crippen LogP contribution in [0.3, 0.4) is 0 Å². The Morgan fingerprint density at radius 2 is 2.20 bits per heavy atom. The van der Waals surface area contributed by atoms with Crippen molar-refractivity contribution in [3.8, 4) is 0 Å². The molecule has 5 heteroatoms. The molecule has 1 aromatic rings. The first-order valence-corrected chi connectivity index (χ1v) is 6.97. The van der Waals surface area contributed by atoms with E-state index in [1.807, 2.05) is 18.2 Å². The van der Waals surface area contributed by atoms with Crippen LogP contribution < -0.4 is 5.73 Å². The van der Waals surface area contributed by atoms with Crippen LogP contribution in [0.4, 0.5) is 0 Å². The van der Waals surface area contributed by atoms with Gasteiger partial charge in [-0.2, -0.15) is 0 Å². The van der Waals surface area contributed by atoms with Crippen LogP contribution in [0.1, 0.15) is 18.1 Å². The van der Waals surface area contributed by atoms with Gasteiger partial charge in [-0.3, -0.25) is 4.90 Å². The van der Waals surface area contributed by atoms with E-state index in [2.05, 4.69) is 42.0 Å². The molecule has 1 heterocycles. The third-order valence-electron chi connectivity index (χ3n) is 4.05. The van der Waals surface area contributed by atoms with Crippen LogP contribution in [-0.4, -0.2) is 54.1 Å². The summed E-state index contributed by atoms with van der Waals surface area (Å²) in [6, 6.07) is 8.49. The van der Waals surface area contributed by atoms with Gasteiger partial charge < -0.3 is 15.8 Å². The van der Waals surface area contributed by atoms with Crippen molar-refractivity contribution < 1.29 is 5.21 Å². The topological polar surface area (TPSA) is 65.1 Å². The Balaban J connectivity index is 2.04. The van der Waals surface area contributed by atoms with Gasteiger partial charge in [0.2, 0.25) is 0 Å². The first-order valence-electron chi connectivity index (χ1n) is 6.97. The van der Waals surface area contributed by atoms with E-state index in [0.717, 1.165) is 25.2 Å². The number of nitrogens with two attached hydrogens (primary N) is 1. The minimum atomic E-state index is 0.160. The third-order valence-corrected chi connectivity index (χ3v) is 4.05.